The van der Waals surface area contributed by atoms with E-state index in [4.69, 9.17) is 0 Å². The first-order valence-electron chi connectivity index (χ1n) is 5.36. The lowest BCUT2D eigenvalue weighted by molar-refractivity contribution is -0.117. The van der Waals surface area contributed by atoms with E-state index in [1.165, 1.54) is 5.56 Å². The molecule has 1 unspecified atom stereocenters. The Morgan fingerprint density at radius 1 is 1.50 bits per heavy atom. The molecule has 1 aromatic rings. The van der Waals surface area contributed by atoms with E-state index in [0.29, 0.717) is 0 Å². The third kappa shape index (κ3) is 2.57. The Labute approximate surface area is 100.0 Å². The van der Waals surface area contributed by atoms with Gasteiger partial charge in [-0.05, 0) is 25.5 Å². The summed E-state index contributed by atoms with van der Waals surface area (Å²) in [4.78, 5) is 11.9. The number of nitrogens with one attached hydrogen (secondary N) is 2. The maximum atomic E-state index is 11.9. The molecule has 4 heteroatoms. The SMILES string of the molecule is Cc1ccc(NC(=O)C2CSCN2)c(C)c1. The minimum Gasteiger partial charge on any atom is -0.324 e. The molecule has 0 radical (unpaired) electrons. The predicted octanol–water partition coefficient (Wildman–Crippen LogP) is 1.90. The van der Waals surface area contributed by atoms with E-state index in [0.717, 1.165) is 22.9 Å². The highest BCUT2D eigenvalue weighted by molar-refractivity contribution is 7.99. The van der Waals surface area contributed by atoms with Crippen LogP contribution in [0.4, 0.5) is 5.69 Å². The molecule has 0 saturated carbocycles. The molecule has 1 aliphatic heterocycles. The van der Waals surface area contributed by atoms with Crippen molar-refractivity contribution >= 4 is 23.4 Å². The Hall–Kier alpha value is -1.00. The van der Waals surface area contributed by atoms with Crippen LogP contribution in [0.2, 0.25) is 0 Å². The highest BCUT2D eigenvalue weighted by atomic mass is 32.2. The lowest BCUT2D eigenvalue weighted by atomic mass is 10.1. The summed E-state index contributed by atoms with van der Waals surface area (Å²) in [5.41, 5.74) is 3.23. The van der Waals surface area contributed by atoms with Crippen molar-refractivity contribution in [2.24, 2.45) is 0 Å². The lowest BCUT2D eigenvalue weighted by Crippen LogP contribution is -2.37. The monoisotopic (exact) mass is 236 g/mol. The number of amides is 1. The Balaban J connectivity index is 2.05. The van der Waals surface area contributed by atoms with E-state index >= 15 is 0 Å². The van der Waals surface area contributed by atoms with Gasteiger partial charge in [0.2, 0.25) is 5.91 Å². The van der Waals surface area contributed by atoms with Crippen LogP contribution in [0.25, 0.3) is 0 Å². The van der Waals surface area contributed by atoms with Gasteiger partial charge in [0.05, 0.1) is 6.04 Å². The number of carbonyl (C=O) groups is 1. The van der Waals surface area contributed by atoms with Gasteiger partial charge in [0.25, 0.3) is 0 Å². The smallest absolute Gasteiger partial charge is 0.242 e. The van der Waals surface area contributed by atoms with Gasteiger partial charge in [-0.3, -0.25) is 10.1 Å². The van der Waals surface area contributed by atoms with Crippen LogP contribution < -0.4 is 10.6 Å². The fourth-order valence-electron chi connectivity index (χ4n) is 1.74. The number of benzene rings is 1. The molecule has 0 bridgehead atoms. The van der Waals surface area contributed by atoms with Gasteiger partial charge in [0.1, 0.15) is 0 Å². The minimum atomic E-state index is -0.0503. The van der Waals surface area contributed by atoms with E-state index in [1.54, 1.807) is 11.8 Å². The molecule has 1 atom stereocenters. The van der Waals surface area contributed by atoms with E-state index in [2.05, 4.69) is 16.7 Å². The summed E-state index contributed by atoms with van der Waals surface area (Å²) in [7, 11) is 0. The maximum absolute atomic E-state index is 11.9. The lowest BCUT2D eigenvalue weighted by Gasteiger charge is -2.12. The molecule has 2 rings (SSSR count). The van der Waals surface area contributed by atoms with E-state index in [9.17, 15) is 4.79 Å². The summed E-state index contributed by atoms with van der Waals surface area (Å²) in [6.45, 7) is 4.06. The molecule has 1 amide bonds. The Morgan fingerprint density at radius 2 is 2.31 bits per heavy atom. The quantitative estimate of drug-likeness (QED) is 0.824. The van der Waals surface area contributed by atoms with E-state index in [1.807, 2.05) is 26.0 Å². The summed E-state index contributed by atoms with van der Waals surface area (Å²) >= 11 is 1.76. The van der Waals surface area contributed by atoms with Gasteiger partial charge in [-0.25, -0.2) is 0 Å². The molecule has 1 heterocycles. The third-order valence-electron chi connectivity index (χ3n) is 2.67. The van der Waals surface area contributed by atoms with Crippen LogP contribution in [-0.2, 0) is 4.79 Å². The van der Waals surface area contributed by atoms with Crippen LogP contribution in [0, 0.1) is 13.8 Å². The average Bonchev–Trinajstić information content (AvgIpc) is 2.75. The van der Waals surface area contributed by atoms with Crippen LogP contribution in [0.15, 0.2) is 18.2 Å². The van der Waals surface area contributed by atoms with Crippen molar-refractivity contribution in [1.29, 1.82) is 0 Å². The first-order valence-corrected chi connectivity index (χ1v) is 6.51. The number of hydrogen-bond acceptors (Lipinski definition) is 3. The standard InChI is InChI=1S/C12H16N2OS/c1-8-3-4-10(9(2)5-8)14-12(15)11-6-16-7-13-11/h3-5,11,13H,6-7H2,1-2H3,(H,14,15). The zero-order valence-electron chi connectivity index (χ0n) is 9.54. The van der Waals surface area contributed by atoms with Crippen LogP contribution in [-0.4, -0.2) is 23.6 Å². The van der Waals surface area contributed by atoms with Crippen LogP contribution in [0.5, 0.6) is 0 Å². The van der Waals surface area contributed by atoms with Gasteiger partial charge >= 0.3 is 0 Å². The predicted molar refractivity (Wildman–Crippen MR) is 68.8 cm³/mol. The van der Waals surface area contributed by atoms with Gasteiger partial charge < -0.3 is 5.32 Å². The molecule has 2 N–H and O–H groups in total. The Bertz CT molecular complexity index is 400. The molecule has 16 heavy (non-hydrogen) atoms. The summed E-state index contributed by atoms with van der Waals surface area (Å²) in [5.74, 6) is 1.79. The minimum absolute atomic E-state index is 0.0503. The van der Waals surface area contributed by atoms with Crippen molar-refractivity contribution in [3.05, 3.63) is 29.3 Å². The fourth-order valence-corrected chi connectivity index (χ4v) is 2.68. The number of carbonyl (C=O) groups excluding carboxylic acids is 1. The number of rotatable bonds is 2. The van der Waals surface area contributed by atoms with Gasteiger partial charge in [-0.2, -0.15) is 0 Å². The molecule has 0 spiro atoms. The fraction of sp³-hybridized carbons (Fsp3) is 0.417. The first-order chi connectivity index (χ1) is 7.66. The molecule has 0 aromatic heterocycles. The number of anilines is 1. The number of hydrogen-bond donors (Lipinski definition) is 2. The molecular formula is C12H16N2OS. The largest absolute Gasteiger partial charge is 0.324 e. The molecule has 1 fully saturated rings. The number of aryl methyl sites for hydroxylation is 2. The van der Waals surface area contributed by atoms with Gasteiger partial charge in [0, 0.05) is 17.3 Å². The molecule has 86 valence electrons. The molecule has 1 aromatic carbocycles. The summed E-state index contributed by atoms with van der Waals surface area (Å²) in [6.07, 6.45) is 0. The van der Waals surface area contributed by atoms with Gasteiger partial charge in [-0.1, -0.05) is 17.7 Å². The Kier molecular flexibility index (Phi) is 3.51. The second-order valence-corrected chi connectivity index (χ2v) is 5.11. The summed E-state index contributed by atoms with van der Waals surface area (Å²) in [6, 6.07) is 6.00. The summed E-state index contributed by atoms with van der Waals surface area (Å²) < 4.78 is 0. The van der Waals surface area contributed by atoms with Gasteiger partial charge in [0.15, 0.2) is 0 Å². The summed E-state index contributed by atoms with van der Waals surface area (Å²) in [5, 5.41) is 6.12. The van der Waals surface area contributed by atoms with E-state index < -0.39 is 0 Å². The van der Waals surface area contributed by atoms with Crippen molar-refractivity contribution in [2.75, 3.05) is 16.9 Å². The van der Waals surface area contributed by atoms with Crippen molar-refractivity contribution in [3.63, 3.8) is 0 Å². The van der Waals surface area contributed by atoms with Crippen LogP contribution in [0.3, 0.4) is 0 Å². The molecule has 1 aliphatic rings. The molecule has 3 nitrogen and oxygen atoms in total. The second-order valence-electron chi connectivity index (χ2n) is 4.08. The zero-order valence-corrected chi connectivity index (χ0v) is 10.4. The molecular weight excluding hydrogens is 220 g/mol. The number of thioether (sulfide) groups is 1. The topological polar surface area (TPSA) is 41.1 Å². The van der Waals surface area contributed by atoms with Crippen molar-refractivity contribution in [2.45, 2.75) is 19.9 Å². The normalized spacial score (nSPS) is 19.8. The van der Waals surface area contributed by atoms with Crippen molar-refractivity contribution in [3.8, 4) is 0 Å². The van der Waals surface area contributed by atoms with Crippen molar-refractivity contribution in [1.82, 2.24) is 5.32 Å². The average molecular weight is 236 g/mol. The Morgan fingerprint density at radius 3 is 2.94 bits per heavy atom. The first kappa shape index (κ1) is 11.5. The van der Waals surface area contributed by atoms with Crippen LogP contribution >= 0.6 is 11.8 Å². The third-order valence-corrected chi connectivity index (χ3v) is 3.61. The highest BCUT2D eigenvalue weighted by Gasteiger charge is 2.22. The van der Waals surface area contributed by atoms with E-state index in [-0.39, 0.29) is 11.9 Å². The van der Waals surface area contributed by atoms with Crippen molar-refractivity contribution < 1.29 is 4.79 Å². The van der Waals surface area contributed by atoms with Crippen LogP contribution in [0.1, 0.15) is 11.1 Å². The maximum Gasteiger partial charge on any atom is 0.242 e. The second kappa shape index (κ2) is 4.89. The molecule has 1 saturated heterocycles. The highest BCUT2D eigenvalue weighted by Crippen LogP contribution is 2.17. The zero-order chi connectivity index (χ0) is 11.5. The molecule has 0 aliphatic carbocycles. The van der Waals surface area contributed by atoms with Gasteiger partial charge in [-0.15, -0.1) is 11.8 Å².